The van der Waals surface area contributed by atoms with Crippen molar-refractivity contribution >= 4 is 57.1 Å². The van der Waals surface area contributed by atoms with E-state index in [9.17, 15) is 19.5 Å². The zero-order chi connectivity index (χ0) is 29.4. The molecular weight excluding hydrogens is 530 g/mol. The molecule has 2 heterocycles. The lowest BCUT2D eigenvalue weighted by Gasteiger charge is -2.20. The van der Waals surface area contributed by atoms with Crippen LogP contribution in [0.3, 0.4) is 0 Å². The van der Waals surface area contributed by atoms with Gasteiger partial charge in [0.05, 0.1) is 33.4 Å². The molecule has 1 aliphatic rings. The van der Waals surface area contributed by atoms with Crippen LogP contribution in [0.4, 0.5) is 17.1 Å². The molecule has 0 saturated heterocycles. The zero-order valence-corrected chi connectivity index (χ0v) is 22.9. The summed E-state index contributed by atoms with van der Waals surface area (Å²) in [6, 6.07) is 29.3. The Morgan fingerprint density at radius 2 is 1.52 bits per heavy atom. The molecule has 9 nitrogen and oxygen atoms in total. The molecule has 42 heavy (non-hydrogen) atoms. The van der Waals surface area contributed by atoms with E-state index in [0.717, 1.165) is 11.1 Å². The van der Waals surface area contributed by atoms with Gasteiger partial charge in [0.1, 0.15) is 0 Å². The Balaban J connectivity index is 1.33. The van der Waals surface area contributed by atoms with Crippen molar-refractivity contribution in [2.75, 3.05) is 16.0 Å². The maximum absolute atomic E-state index is 13.4. The fraction of sp³-hybridized carbons (Fsp3) is 0.0909. The van der Waals surface area contributed by atoms with Crippen molar-refractivity contribution in [3.8, 4) is 0 Å². The lowest BCUT2D eigenvalue weighted by atomic mass is 9.85. The van der Waals surface area contributed by atoms with Crippen LogP contribution >= 0.6 is 0 Å². The number of imidazole rings is 1. The van der Waals surface area contributed by atoms with E-state index in [0.29, 0.717) is 45.0 Å². The highest BCUT2D eigenvalue weighted by molar-refractivity contribution is 6.37. The number of benzene rings is 4. The molecule has 0 atom stereocenters. The summed E-state index contributed by atoms with van der Waals surface area (Å²) in [6.07, 6.45) is 0. The van der Waals surface area contributed by atoms with Crippen LogP contribution in [0.1, 0.15) is 41.2 Å². The first kappa shape index (κ1) is 26.5. The zero-order valence-electron chi connectivity index (χ0n) is 22.9. The standard InChI is InChI=1S/C33H27N5O4/c1-33(2,32(41)42)20-12-14-21(15-13-20)34-28(19-8-4-3-5-9-19)27-23-17-16-22(18-26(23)38-30(27)39)35-31(40)29-36-24-10-6-7-11-25(24)37-29/h3-18,34H,1-2H3,(H,35,40)(H,36,37)(H,38,39)(H,41,42)/b28-27-. The van der Waals surface area contributed by atoms with E-state index in [4.69, 9.17) is 0 Å². The summed E-state index contributed by atoms with van der Waals surface area (Å²) in [6.45, 7) is 3.31. The van der Waals surface area contributed by atoms with Crippen molar-refractivity contribution in [3.63, 3.8) is 0 Å². The molecule has 0 fully saturated rings. The second-order valence-corrected chi connectivity index (χ2v) is 10.5. The average Bonchev–Trinajstić information content (AvgIpc) is 3.57. The molecule has 9 heteroatoms. The van der Waals surface area contributed by atoms with Gasteiger partial charge in [0.2, 0.25) is 0 Å². The van der Waals surface area contributed by atoms with Crippen LogP contribution < -0.4 is 16.0 Å². The lowest BCUT2D eigenvalue weighted by Crippen LogP contribution is -2.28. The van der Waals surface area contributed by atoms with Gasteiger partial charge in [0, 0.05) is 16.9 Å². The molecule has 0 bridgehead atoms. The van der Waals surface area contributed by atoms with E-state index in [2.05, 4.69) is 25.9 Å². The maximum Gasteiger partial charge on any atom is 0.313 e. The molecule has 4 aromatic carbocycles. The van der Waals surface area contributed by atoms with Gasteiger partial charge in [-0.05, 0) is 67.4 Å². The van der Waals surface area contributed by atoms with E-state index >= 15 is 0 Å². The number of carbonyl (C=O) groups excluding carboxylic acids is 2. The number of anilines is 3. The third kappa shape index (κ3) is 4.88. The highest BCUT2D eigenvalue weighted by Gasteiger charge is 2.31. The first-order valence-electron chi connectivity index (χ1n) is 13.3. The number of rotatable bonds is 7. The molecule has 0 spiro atoms. The van der Waals surface area contributed by atoms with Crippen LogP contribution in [0.2, 0.25) is 0 Å². The number of carboxylic acids is 1. The minimum atomic E-state index is -1.04. The fourth-order valence-corrected chi connectivity index (χ4v) is 4.87. The van der Waals surface area contributed by atoms with E-state index in [1.54, 1.807) is 56.3 Å². The third-order valence-electron chi connectivity index (χ3n) is 7.35. The fourth-order valence-electron chi connectivity index (χ4n) is 4.87. The number of para-hydroxylation sites is 2. The second-order valence-electron chi connectivity index (χ2n) is 10.5. The number of fused-ring (bicyclic) bond motifs is 2. The molecule has 0 radical (unpaired) electrons. The highest BCUT2D eigenvalue weighted by Crippen LogP contribution is 2.39. The molecule has 1 aliphatic heterocycles. The summed E-state index contributed by atoms with van der Waals surface area (Å²) >= 11 is 0. The number of hydrogen-bond acceptors (Lipinski definition) is 5. The summed E-state index contributed by atoms with van der Waals surface area (Å²) in [4.78, 5) is 45.3. The second kappa shape index (κ2) is 10.4. The summed E-state index contributed by atoms with van der Waals surface area (Å²) < 4.78 is 0. The number of hydrogen-bond donors (Lipinski definition) is 5. The Labute approximate surface area is 241 Å². The van der Waals surface area contributed by atoms with Crippen LogP contribution in [-0.4, -0.2) is 32.9 Å². The number of aliphatic carboxylic acids is 1. The van der Waals surface area contributed by atoms with E-state index in [-0.39, 0.29) is 11.7 Å². The van der Waals surface area contributed by atoms with Gasteiger partial charge in [0.15, 0.2) is 5.82 Å². The monoisotopic (exact) mass is 557 g/mol. The van der Waals surface area contributed by atoms with Crippen LogP contribution in [-0.2, 0) is 15.0 Å². The predicted molar refractivity (Wildman–Crippen MR) is 163 cm³/mol. The molecule has 2 amide bonds. The van der Waals surface area contributed by atoms with Gasteiger partial charge in [-0.3, -0.25) is 14.4 Å². The maximum atomic E-state index is 13.4. The largest absolute Gasteiger partial charge is 0.481 e. The smallest absolute Gasteiger partial charge is 0.313 e. The minimum Gasteiger partial charge on any atom is -0.481 e. The Bertz CT molecular complexity index is 1860. The lowest BCUT2D eigenvalue weighted by molar-refractivity contribution is -0.142. The average molecular weight is 558 g/mol. The van der Waals surface area contributed by atoms with Crippen molar-refractivity contribution < 1.29 is 19.5 Å². The minimum absolute atomic E-state index is 0.189. The van der Waals surface area contributed by atoms with Gasteiger partial charge >= 0.3 is 5.97 Å². The Kier molecular flexibility index (Phi) is 6.54. The Hall–Kier alpha value is -5.70. The molecule has 208 valence electrons. The summed E-state index contributed by atoms with van der Waals surface area (Å²) in [5.74, 6) is -1.41. The van der Waals surface area contributed by atoms with Crippen LogP contribution in [0.15, 0.2) is 97.1 Å². The molecule has 5 aromatic rings. The van der Waals surface area contributed by atoms with Crippen molar-refractivity contribution in [2.45, 2.75) is 19.3 Å². The number of nitrogens with zero attached hydrogens (tertiary/aromatic N) is 1. The Morgan fingerprint density at radius 3 is 2.24 bits per heavy atom. The molecule has 1 aromatic heterocycles. The van der Waals surface area contributed by atoms with Crippen molar-refractivity contribution in [1.29, 1.82) is 0 Å². The molecule has 5 N–H and O–H groups in total. The van der Waals surface area contributed by atoms with Gasteiger partial charge in [-0.2, -0.15) is 0 Å². The number of carbonyl (C=O) groups is 3. The summed E-state index contributed by atoms with van der Waals surface area (Å²) in [7, 11) is 0. The first-order chi connectivity index (χ1) is 20.2. The van der Waals surface area contributed by atoms with E-state index in [1.165, 1.54) is 0 Å². The topological polar surface area (TPSA) is 136 Å². The number of H-pyrrole nitrogens is 1. The van der Waals surface area contributed by atoms with Gasteiger partial charge < -0.3 is 26.0 Å². The van der Waals surface area contributed by atoms with Gasteiger partial charge in [-0.15, -0.1) is 0 Å². The number of amides is 2. The third-order valence-corrected chi connectivity index (χ3v) is 7.35. The number of carboxylic acid groups (broad SMARTS) is 1. The first-order valence-corrected chi connectivity index (χ1v) is 13.3. The number of aromatic amines is 1. The normalized spacial score (nSPS) is 13.8. The van der Waals surface area contributed by atoms with Crippen LogP contribution in [0.5, 0.6) is 0 Å². The van der Waals surface area contributed by atoms with E-state index < -0.39 is 17.3 Å². The van der Waals surface area contributed by atoms with Crippen LogP contribution in [0, 0.1) is 0 Å². The summed E-state index contributed by atoms with van der Waals surface area (Å²) in [5.41, 5.74) is 5.36. The van der Waals surface area contributed by atoms with E-state index in [1.807, 2.05) is 54.6 Å². The summed E-state index contributed by atoms with van der Waals surface area (Å²) in [5, 5.41) is 18.7. The number of aromatic nitrogens is 2. The highest BCUT2D eigenvalue weighted by atomic mass is 16.4. The van der Waals surface area contributed by atoms with Gasteiger partial charge in [-0.25, -0.2) is 4.98 Å². The van der Waals surface area contributed by atoms with Crippen molar-refractivity contribution in [3.05, 3.63) is 120 Å². The molecule has 6 rings (SSSR count). The van der Waals surface area contributed by atoms with Crippen molar-refractivity contribution in [1.82, 2.24) is 9.97 Å². The molecule has 0 saturated carbocycles. The number of nitrogens with one attached hydrogen (secondary N) is 4. The van der Waals surface area contributed by atoms with Crippen molar-refractivity contribution in [2.24, 2.45) is 0 Å². The SMILES string of the molecule is CC(C)(C(=O)O)c1ccc(N/C(=C2\C(=O)Nc3cc(NC(=O)c4nc5ccccc5[nH]4)ccc32)c2ccccc2)cc1. The molecule has 0 unspecified atom stereocenters. The predicted octanol–water partition coefficient (Wildman–Crippen LogP) is 6.11. The molecular formula is C33H27N5O4. The van der Waals surface area contributed by atoms with Gasteiger partial charge in [0.25, 0.3) is 11.8 Å². The molecule has 0 aliphatic carbocycles. The Morgan fingerprint density at radius 1 is 0.833 bits per heavy atom. The quantitative estimate of drug-likeness (QED) is 0.153. The van der Waals surface area contributed by atoms with Crippen LogP contribution in [0.25, 0.3) is 22.3 Å². The van der Waals surface area contributed by atoms with Gasteiger partial charge in [-0.1, -0.05) is 54.6 Å².